The summed E-state index contributed by atoms with van der Waals surface area (Å²) in [4.78, 5) is 43.6. The first-order chi connectivity index (χ1) is 25.6. The molecule has 0 radical (unpaired) electrons. The minimum Gasteiger partial charge on any atom is -0.497 e. The van der Waals surface area contributed by atoms with E-state index in [1.165, 1.54) is 61.1 Å². The Balaban J connectivity index is 1.09. The molecule has 6 aromatic rings. The van der Waals surface area contributed by atoms with Crippen molar-refractivity contribution in [1.29, 1.82) is 0 Å². The summed E-state index contributed by atoms with van der Waals surface area (Å²) in [7, 11) is 2.77. The number of amides is 2. The van der Waals surface area contributed by atoms with Crippen molar-refractivity contribution in [3.8, 4) is 45.5 Å². The third-order valence-corrected chi connectivity index (χ3v) is 8.48. The normalized spacial score (nSPS) is 10.8. The summed E-state index contributed by atoms with van der Waals surface area (Å²) in [6.07, 6.45) is -0.304. The largest absolute Gasteiger partial charge is 0.497 e. The number of hydrogen-bond acceptors (Lipinski definition) is 8. The molecular weight excluding hydrogens is 679 g/mol. The molecule has 53 heavy (non-hydrogen) atoms. The summed E-state index contributed by atoms with van der Waals surface area (Å²) >= 11 is 0. The van der Waals surface area contributed by atoms with Crippen LogP contribution < -0.4 is 14.8 Å². The van der Waals surface area contributed by atoms with Gasteiger partial charge in [-0.05, 0) is 60.0 Å². The Kier molecular flexibility index (Phi) is 10.9. The van der Waals surface area contributed by atoms with E-state index in [0.29, 0.717) is 28.5 Å². The van der Waals surface area contributed by atoms with Gasteiger partial charge >= 0.3 is 5.97 Å². The van der Waals surface area contributed by atoms with Crippen molar-refractivity contribution < 1.29 is 37.9 Å². The number of carboxylic acids is 1. The van der Waals surface area contributed by atoms with Crippen LogP contribution in [0.2, 0.25) is 0 Å². The van der Waals surface area contributed by atoms with E-state index >= 15 is 0 Å². The van der Waals surface area contributed by atoms with Crippen molar-refractivity contribution in [2.45, 2.75) is 19.9 Å². The fourth-order valence-electron chi connectivity index (χ4n) is 5.66. The van der Waals surface area contributed by atoms with Crippen LogP contribution >= 0.6 is 0 Å². The van der Waals surface area contributed by atoms with Gasteiger partial charge in [0.2, 0.25) is 11.7 Å². The van der Waals surface area contributed by atoms with E-state index in [1.807, 2.05) is 31.2 Å². The number of ether oxygens (including phenoxy) is 2. The molecule has 11 nitrogen and oxygen atoms in total. The van der Waals surface area contributed by atoms with Gasteiger partial charge in [-0.3, -0.25) is 14.4 Å². The average Bonchev–Trinajstić information content (AvgIpc) is 3.66. The number of anilines is 1. The lowest BCUT2D eigenvalue weighted by Gasteiger charge is -2.21. The lowest BCUT2D eigenvalue weighted by atomic mass is 10.0. The van der Waals surface area contributed by atoms with E-state index < -0.39 is 30.1 Å². The van der Waals surface area contributed by atoms with Crippen molar-refractivity contribution >= 4 is 23.5 Å². The number of aromatic nitrogens is 2. The molecule has 2 N–H and O–H groups in total. The van der Waals surface area contributed by atoms with Crippen LogP contribution in [-0.2, 0) is 22.6 Å². The molecule has 2 amide bonds. The highest BCUT2D eigenvalue weighted by molar-refractivity contribution is 5.97. The standard InChI is InChI=1S/C41H35FN4O7/c1-25-4-8-27(9-5-25)28-12-14-30(15-13-28)40-44-39(45-53-40)29-10-6-26(7-11-29)23-46(24-38(48)49)41(50)31-16-18-32(19-17-31)43-37(47)22-34-35(42)20-33(51-2)21-36(34)52-3/h4-21H,22-24H2,1-3H3,(H,43,47)(H,48,49). The molecule has 1 heterocycles. The van der Waals surface area contributed by atoms with Crippen molar-refractivity contribution in [3.63, 3.8) is 0 Å². The fourth-order valence-corrected chi connectivity index (χ4v) is 5.66. The topological polar surface area (TPSA) is 144 Å². The first-order valence-corrected chi connectivity index (χ1v) is 16.5. The number of methoxy groups -OCH3 is 2. The number of rotatable bonds is 13. The molecule has 0 fully saturated rings. The predicted octanol–water partition coefficient (Wildman–Crippen LogP) is 7.44. The first-order valence-electron chi connectivity index (χ1n) is 16.5. The molecule has 0 saturated heterocycles. The second-order valence-corrected chi connectivity index (χ2v) is 12.2. The van der Waals surface area contributed by atoms with E-state index in [1.54, 1.807) is 24.3 Å². The highest BCUT2D eigenvalue weighted by atomic mass is 19.1. The Hall–Kier alpha value is -6.82. The summed E-state index contributed by atoms with van der Waals surface area (Å²) in [6.45, 7) is 1.53. The Morgan fingerprint density at radius 2 is 1.43 bits per heavy atom. The number of hydrogen-bond donors (Lipinski definition) is 2. The fraction of sp³-hybridized carbons (Fsp3) is 0.146. The van der Waals surface area contributed by atoms with Crippen LogP contribution in [0.25, 0.3) is 34.0 Å². The zero-order valence-corrected chi connectivity index (χ0v) is 29.1. The van der Waals surface area contributed by atoms with E-state index in [-0.39, 0.29) is 35.6 Å². The number of halogens is 1. The highest BCUT2D eigenvalue weighted by Crippen LogP contribution is 2.29. The van der Waals surface area contributed by atoms with E-state index in [4.69, 9.17) is 14.0 Å². The van der Waals surface area contributed by atoms with Crippen molar-refractivity contribution in [3.05, 3.63) is 137 Å². The van der Waals surface area contributed by atoms with E-state index in [0.717, 1.165) is 16.7 Å². The monoisotopic (exact) mass is 714 g/mol. The van der Waals surface area contributed by atoms with Crippen LogP contribution in [0.15, 0.2) is 114 Å². The van der Waals surface area contributed by atoms with Gasteiger partial charge in [-0.2, -0.15) is 4.98 Å². The molecule has 12 heteroatoms. The first kappa shape index (κ1) is 36.0. The maximum absolute atomic E-state index is 14.6. The van der Waals surface area contributed by atoms with Crippen LogP contribution in [0.3, 0.4) is 0 Å². The quantitative estimate of drug-likeness (QED) is 0.125. The third-order valence-electron chi connectivity index (χ3n) is 8.48. The lowest BCUT2D eigenvalue weighted by Crippen LogP contribution is -2.35. The van der Waals surface area contributed by atoms with Gasteiger partial charge in [0.1, 0.15) is 23.9 Å². The van der Waals surface area contributed by atoms with Crippen LogP contribution in [0.4, 0.5) is 10.1 Å². The summed E-state index contributed by atoms with van der Waals surface area (Å²) in [5, 5.41) is 16.4. The number of carbonyl (C=O) groups excluding carboxylic acids is 2. The van der Waals surface area contributed by atoms with E-state index in [9.17, 15) is 23.9 Å². The van der Waals surface area contributed by atoms with Crippen LogP contribution in [0, 0.1) is 12.7 Å². The van der Waals surface area contributed by atoms with Crippen molar-refractivity contribution in [1.82, 2.24) is 15.0 Å². The van der Waals surface area contributed by atoms with Crippen LogP contribution in [0.5, 0.6) is 11.5 Å². The van der Waals surface area contributed by atoms with Gasteiger partial charge in [0.05, 0.1) is 20.6 Å². The summed E-state index contributed by atoms with van der Waals surface area (Å²) in [5.74, 6) is -1.67. The van der Waals surface area contributed by atoms with Gasteiger partial charge in [-0.1, -0.05) is 71.4 Å². The Morgan fingerprint density at radius 3 is 2.06 bits per heavy atom. The van der Waals surface area contributed by atoms with E-state index in [2.05, 4.69) is 39.7 Å². The van der Waals surface area contributed by atoms with Gasteiger partial charge < -0.3 is 29.3 Å². The average molecular weight is 715 g/mol. The second-order valence-electron chi connectivity index (χ2n) is 12.2. The number of nitrogens with one attached hydrogen (secondary N) is 1. The minimum atomic E-state index is -1.17. The molecule has 0 aliphatic rings. The second kappa shape index (κ2) is 16.0. The maximum Gasteiger partial charge on any atom is 0.323 e. The summed E-state index contributed by atoms with van der Waals surface area (Å²) in [6, 6.07) is 31.9. The molecule has 0 bridgehead atoms. The number of carboxylic acid groups (broad SMARTS) is 1. The summed E-state index contributed by atoms with van der Waals surface area (Å²) in [5.41, 5.74) is 6.17. The SMILES string of the molecule is COc1cc(F)c(CC(=O)Nc2ccc(C(=O)N(CC(=O)O)Cc3ccc(-c4noc(-c5ccc(-c6ccc(C)cc6)cc5)n4)cc3)cc2)c(OC)c1. The molecule has 0 unspecified atom stereocenters. The summed E-state index contributed by atoms with van der Waals surface area (Å²) < 4.78 is 30.4. The molecular formula is C41H35FN4O7. The molecule has 6 rings (SSSR count). The molecule has 0 aliphatic carbocycles. The number of aryl methyl sites for hydroxylation is 1. The zero-order chi connectivity index (χ0) is 37.5. The number of carbonyl (C=O) groups is 3. The molecule has 5 aromatic carbocycles. The third kappa shape index (κ3) is 8.74. The smallest absolute Gasteiger partial charge is 0.323 e. The predicted molar refractivity (Wildman–Crippen MR) is 196 cm³/mol. The molecule has 1 aromatic heterocycles. The number of nitrogens with zero attached hydrogens (tertiary/aromatic N) is 3. The van der Waals surface area contributed by atoms with Gasteiger partial charge in [-0.25, -0.2) is 4.39 Å². The van der Waals surface area contributed by atoms with Crippen molar-refractivity contribution in [2.75, 3.05) is 26.1 Å². The van der Waals surface area contributed by atoms with Gasteiger partial charge in [-0.15, -0.1) is 0 Å². The Morgan fingerprint density at radius 1 is 0.811 bits per heavy atom. The zero-order valence-electron chi connectivity index (χ0n) is 29.1. The number of benzene rings is 5. The maximum atomic E-state index is 14.6. The lowest BCUT2D eigenvalue weighted by molar-refractivity contribution is -0.137. The minimum absolute atomic E-state index is 0.0178. The molecule has 0 saturated carbocycles. The van der Waals surface area contributed by atoms with Crippen LogP contribution in [0.1, 0.15) is 27.0 Å². The van der Waals surface area contributed by atoms with Gasteiger partial charge in [0.25, 0.3) is 11.8 Å². The molecule has 268 valence electrons. The Labute approximate surface area is 304 Å². The number of aliphatic carboxylic acids is 1. The van der Waals surface area contributed by atoms with Crippen molar-refractivity contribution in [2.24, 2.45) is 0 Å². The van der Waals surface area contributed by atoms with Gasteiger partial charge in [0.15, 0.2) is 0 Å². The molecule has 0 spiro atoms. The molecule has 0 aliphatic heterocycles. The van der Waals surface area contributed by atoms with Crippen LogP contribution in [-0.4, -0.2) is 58.7 Å². The Bertz CT molecular complexity index is 2240. The highest BCUT2D eigenvalue weighted by Gasteiger charge is 2.21. The van der Waals surface area contributed by atoms with Gasteiger partial charge in [0, 0.05) is 46.6 Å². The molecule has 0 atom stereocenters.